The molecular weight excluding hydrogens is 438 g/mol. The lowest BCUT2D eigenvalue weighted by molar-refractivity contribution is 0.439. The third-order valence-electron chi connectivity index (χ3n) is 5.24. The Kier molecular flexibility index (Phi) is 4.34. The van der Waals surface area contributed by atoms with E-state index >= 15 is 0 Å². The molecule has 1 fully saturated rings. The van der Waals surface area contributed by atoms with E-state index in [1.807, 2.05) is 18.2 Å². The lowest BCUT2D eigenvalue weighted by atomic mass is 10.2. The lowest BCUT2D eigenvalue weighted by Gasteiger charge is -2.07. The number of ether oxygens (including phenoxy) is 1. The van der Waals surface area contributed by atoms with Crippen molar-refractivity contribution in [1.29, 1.82) is 5.26 Å². The minimum atomic E-state index is -0.538. The number of aromatic hydroxyl groups is 1. The van der Waals surface area contributed by atoms with Crippen LogP contribution in [0, 0.1) is 11.3 Å². The van der Waals surface area contributed by atoms with E-state index < -0.39 is 5.69 Å². The van der Waals surface area contributed by atoms with Gasteiger partial charge in [-0.05, 0) is 37.1 Å². The average molecular weight is 453 g/mol. The highest BCUT2D eigenvalue weighted by Gasteiger charge is 2.21. The number of nitriles is 1. The summed E-state index contributed by atoms with van der Waals surface area (Å²) in [6.45, 7) is 0. The number of hydrogen-bond acceptors (Lipinski definition) is 9. The molecule has 6 rings (SSSR count). The van der Waals surface area contributed by atoms with E-state index in [-0.39, 0.29) is 29.3 Å². The molecule has 0 atom stereocenters. The summed E-state index contributed by atoms with van der Waals surface area (Å²) in [4.78, 5) is 34.2. The lowest BCUT2D eigenvalue weighted by Crippen LogP contribution is -2.23. The molecule has 12 nitrogen and oxygen atoms in total. The van der Waals surface area contributed by atoms with Crippen molar-refractivity contribution in [1.82, 2.24) is 34.5 Å². The number of imidazole rings is 1. The van der Waals surface area contributed by atoms with E-state index in [1.54, 1.807) is 18.2 Å². The Morgan fingerprint density at radius 3 is 2.85 bits per heavy atom. The summed E-state index contributed by atoms with van der Waals surface area (Å²) in [5.41, 5.74) is 1.10. The number of rotatable bonds is 4. The van der Waals surface area contributed by atoms with E-state index in [0.29, 0.717) is 27.8 Å². The summed E-state index contributed by atoms with van der Waals surface area (Å²) in [5.74, 6) is 0.0851. The zero-order valence-electron chi connectivity index (χ0n) is 17.4. The second kappa shape index (κ2) is 7.52. The molecule has 0 aliphatic heterocycles. The first-order valence-electron chi connectivity index (χ1n) is 10.4. The summed E-state index contributed by atoms with van der Waals surface area (Å²) in [6.07, 6.45) is 4.99. The number of nitrogens with one attached hydrogen (secondary N) is 2. The van der Waals surface area contributed by atoms with Crippen LogP contribution in [0.15, 0.2) is 46.3 Å². The van der Waals surface area contributed by atoms with Crippen LogP contribution in [-0.2, 0) is 0 Å². The van der Waals surface area contributed by atoms with Gasteiger partial charge in [-0.2, -0.15) is 24.8 Å². The largest absolute Gasteiger partial charge is 0.493 e. The number of pyridine rings is 1. The smallest absolute Gasteiger partial charge is 0.327 e. The van der Waals surface area contributed by atoms with Crippen molar-refractivity contribution >= 4 is 22.6 Å². The molecule has 1 saturated carbocycles. The van der Waals surface area contributed by atoms with Gasteiger partial charge < -0.3 is 14.8 Å². The summed E-state index contributed by atoms with van der Waals surface area (Å²) < 4.78 is 7.50. The van der Waals surface area contributed by atoms with Crippen molar-refractivity contribution in [2.75, 3.05) is 0 Å². The Labute approximate surface area is 189 Å². The fraction of sp³-hybridized carbons (Fsp3) is 0.136. The molecule has 0 spiro atoms. The monoisotopic (exact) mass is 453 g/mol. The summed E-state index contributed by atoms with van der Waals surface area (Å²) in [5, 5.41) is 24.8. The minimum absolute atomic E-state index is 0.0190. The molecule has 0 saturated heterocycles. The van der Waals surface area contributed by atoms with Gasteiger partial charge >= 0.3 is 11.7 Å². The first kappa shape index (κ1) is 19.6. The van der Waals surface area contributed by atoms with Gasteiger partial charge in [-0.3, -0.25) is 4.98 Å². The minimum Gasteiger partial charge on any atom is -0.493 e. The highest BCUT2D eigenvalue weighted by molar-refractivity contribution is 5.85. The van der Waals surface area contributed by atoms with E-state index in [9.17, 15) is 15.2 Å². The van der Waals surface area contributed by atoms with Crippen LogP contribution in [0.5, 0.6) is 17.6 Å². The normalized spacial score (nSPS) is 14.7. The third-order valence-corrected chi connectivity index (χ3v) is 5.24. The fourth-order valence-electron chi connectivity index (χ4n) is 3.47. The van der Waals surface area contributed by atoms with Gasteiger partial charge in [0.2, 0.25) is 5.88 Å². The maximum absolute atomic E-state index is 11.5. The van der Waals surface area contributed by atoms with Crippen LogP contribution in [0.3, 0.4) is 0 Å². The molecule has 4 heterocycles. The quantitative estimate of drug-likeness (QED) is 0.356. The maximum atomic E-state index is 11.5. The van der Waals surface area contributed by atoms with Crippen molar-refractivity contribution in [2.45, 2.75) is 18.9 Å². The SMILES string of the molecule is N#Cc1ccc2cccc(Oc3nc(=NC4CC4)n4nc/c(=C/c5[nH]c(=O)[nH]c5O)c4n3)c2n1. The number of H-pyrrole nitrogens is 2. The van der Waals surface area contributed by atoms with Gasteiger partial charge in [0.05, 0.1) is 12.2 Å². The van der Waals surface area contributed by atoms with Gasteiger partial charge in [-0.15, -0.1) is 0 Å². The number of nitrogens with zero attached hydrogens (tertiary/aromatic N) is 7. The Morgan fingerprint density at radius 2 is 2.09 bits per heavy atom. The number of hydrogen-bond donors (Lipinski definition) is 3. The zero-order valence-corrected chi connectivity index (χ0v) is 17.4. The van der Waals surface area contributed by atoms with Crippen molar-refractivity contribution in [2.24, 2.45) is 4.99 Å². The molecule has 1 aliphatic carbocycles. The van der Waals surface area contributed by atoms with Crippen molar-refractivity contribution in [3.63, 3.8) is 0 Å². The van der Waals surface area contributed by atoms with Gasteiger partial charge in [0.15, 0.2) is 11.4 Å². The number of para-hydroxylation sites is 1. The van der Waals surface area contributed by atoms with Gasteiger partial charge in [-0.25, -0.2) is 14.8 Å². The third kappa shape index (κ3) is 3.51. The molecule has 12 heteroatoms. The van der Waals surface area contributed by atoms with Crippen LogP contribution in [0.2, 0.25) is 0 Å². The number of aromatic amines is 2. The molecule has 0 bridgehead atoms. The molecule has 166 valence electrons. The Balaban J connectivity index is 1.53. The van der Waals surface area contributed by atoms with E-state index in [4.69, 9.17) is 4.74 Å². The van der Waals surface area contributed by atoms with Gasteiger partial charge in [0, 0.05) is 10.6 Å². The summed E-state index contributed by atoms with van der Waals surface area (Å²) in [6, 6.07) is 11.0. The summed E-state index contributed by atoms with van der Waals surface area (Å²) in [7, 11) is 0. The molecule has 5 aromatic rings. The molecule has 1 aromatic carbocycles. The molecule has 4 aromatic heterocycles. The predicted molar refractivity (Wildman–Crippen MR) is 118 cm³/mol. The Bertz CT molecular complexity index is 1810. The molecular formula is C22H15N9O3. The summed E-state index contributed by atoms with van der Waals surface area (Å²) >= 11 is 0. The van der Waals surface area contributed by atoms with Crippen LogP contribution in [0.25, 0.3) is 22.6 Å². The second-order valence-electron chi connectivity index (χ2n) is 7.73. The van der Waals surface area contributed by atoms with Gasteiger partial charge in [-0.1, -0.05) is 12.1 Å². The molecule has 3 N–H and O–H groups in total. The van der Waals surface area contributed by atoms with E-state index in [2.05, 4.69) is 35.0 Å². The number of aromatic nitrogens is 7. The van der Waals surface area contributed by atoms with Crippen LogP contribution in [0.4, 0.5) is 0 Å². The van der Waals surface area contributed by atoms with Crippen LogP contribution < -0.4 is 21.3 Å². The van der Waals surface area contributed by atoms with E-state index in [0.717, 1.165) is 18.2 Å². The average Bonchev–Trinajstić information content (AvgIpc) is 3.47. The number of fused-ring (bicyclic) bond motifs is 2. The number of benzene rings is 1. The Morgan fingerprint density at radius 1 is 1.21 bits per heavy atom. The molecule has 1 aliphatic rings. The van der Waals surface area contributed by atoms with Crippen LogP contribution in [0.1, 0.15) is 24.2 Å². The molecule has 0 amide bonds. The second-order valence-corrected chi connectivity index (χ2v) is 7.73. The molecule has 34 heavy (non-hydrogen) atoms. The predicted octanol–water partition coefficient (Wildman–Crippen LogP) is 0.669. The zero-order chi connectivity index (χ0) is 23.2. The van der Waals surface area contributed by atoms with Crippen LogP contribution in [-0.4, -0.2) is 45.7 Å². The van der Waals surface area contributed by atoms with Crippen molar-refractivity contribution in [3.8, 4) is 23.7 Å². The fourth-order valence-corrected chi connectivity index (χ4v) is 3.47. The van der Waals surface area contributed by atoms with Crippen LogP contribution >= 0.6 is 0 Å². The van der Waals surface area contributed by atoms with E-state index in [1.165, 1.54) is 16.8 Å². The standard InChI is InChI=1S/C22H15N9O3/c23-9-14-5-4-11-2-1-3-16(17(11)25-14)34-22-28-18-12(8-15-19(32)29-21(33)27-15)10-24-31(18)20(30-22)26-13-6-7-13/h1-5,8,10,13,32H,6-7H2,(H2,27,29,33)/b12-8-,26-20?. The van der Waals surface area contributed by atoms with Gasteiger partial charge in [0.25, 0.3) is 5.62 Å². The first-order valence-corrected chi connectivity index (χ1v) is 10.4. The molecule has 0 radical (unpaired) electrons. The molecule has 0 unspecified atom stereocenters. The topological polar surface area (TPSA) is 170 Å². The highest BCUT2D eigenvalue weighted by Crippen LogP contribution is 2.27. The van der Waals surface area contributed by atoms with Crippen molar-refractivity contribution in [3.05, 3.63) is 69.2 Å². The van der Waals surface area contributed by atoms with Gasteiger partial charge in [0.1, 0.15) is 23.0 Å². The van der Waals surface area contributed by atoms with Crippen molar-refractivity contribution < 1.29 is 9.84 Å². The highest BCUT2D eigenvalue weighted by atomic mass is 16.5. The first-order chi connectivity index (χ1) is 16.6. The maximum Gasteiger partial charge on any atom is 0.327 e. The Hall–Kier alpha value is -5.05.